The summed E-state index contributed by atoms with van der Waals surface area (Å²) in [6.07, 6.45) is 2.28. The Kier molecular flexibility index (Phi) is 10.1. The molecule has 1 saturated heterocycles. The van der Waals surface area contributed by atoms with E-state index in [1.165, 1.54) is 22.7 Å². The average Bonchev–Trinajstić information content (AvgIpc) is 3.95. The van der Waals surface area contributed by atoms with Gasteiger partial charge >= 0.3 is 6.16 Å². The monoisotopic (exact) mass is 804 g/mol. The molecule has 4 aromatic heterocycles. The van der Waals surface area contributed by atoms with Crippen molar-refractivity contribution in [1.82, 2.24) is 19.9 Å². The number of anilines is 4. The van der Waals surface area contributed by atoms with Crippen LogP contribution in [0.2, 0.25) is 0 Å². The van der Waals surface area contributed by atoms with Gasteiger partial charge in [0.1, 0.15) is 11.6 Å². The second-order valence-corrected chi connectivity index (χ2v) is 16.5. The van der Waals surface area contributed by atoms with Gasteiger partial charge < -0.3 is 29.3 Å². The third-order valence-corrected chi connectivity index (χ3v) is 13.0. The van der Waals surface area contributed by atoms with E-state index in [0.717, 1.165) is 79.3 Å². The van der Waals surface area contributed by atoms with E-state index >= 15 is 0 Å². The number of rotatable bonds is 11. The summed E-state index contributed by atoms with van der Waals surface area (Å²) >= 11 is 4.51. The maximum atomic E-state index is 13.5. The summed E-state index contributed by atoms with van der Waals surface area (Å²) in [5, 5.41) is 14.7. The molecule has 13 nitrogen and oxygen atoms in total. The normalized spacial score (nSPS) is 14.2. The van der Waals surface area contributed by atoms with E-state index in [-0.39, 0.29) is 11.8 Å². The van der Waals surface area contributed by atoms with Gasteiger partial charge in [0.15, 0.2) is 15.4 Å². The number of piperazine rings is 1. The summed E-state index contributed by atoms with van der Waals surface area (Å²) in [6, 6.07) is 25.5. The van der Waals surface area contributed by atoms with Crippen LogP contribution in [0.3, 0.4) is 0 Å². The fourth-order valence-corrected chi connectivity index (χ4v) is 10.00. The van der Waals surface area contributed by atoms with Gasteiger partial charge in [-0.3, -0.25) is 10.1 Å². The summed E-state index contributed by atoms with van der Waals surface area (Å²) in [5.74, 6) is 1.63. The Bertz CT molecular complexity index is 2500. The molecule has 0 aliphatic carbocycles. The number of carbonyl (C=O) groups excluding carboxylic acids is 1. The fraction of sp³-hybridized carbons (Fsp3) is 0.250. The maximum absolute atomic E-state index is 13.5. The molecule has 0 spiro atoms. The Morgan fingerprint density at radius 2 is 1.61 bits per heavy atom. The van der Waals surface area contributed by atoms with Crippen LogP contribution in [0, 0.1) is 0 Å². The number of amides is 1. The number of nitrogens with zero attached hydrogens (tertiary/aromatic N) is 7. The van der Waals surface area contributed by atoms with Gasteiger partial charge in [0.2, 0.25) is 5.88 Å². The molecule has 3 aromatic carbocycles. The van der Waals surface area contributed by atoms with Crippen LogP contribution in [-0.2, 0) is 19.4 Å². The lowest BCUT2D eigenvalue weighted by molar-refractivity contribution is 0.102. The van der Waals surface area contributed by atoms with Crippen LogP contribution in [0.5, 0.6) is 11.6 Å². The van der Waals surface area contributed by atoms with Gasteiger partial charge in [-0.15, -0.1) is 0 Å². The highest BCUT2D eigenvalue weighted by Gasteiger charge is 2.27. The lowest BCUT2D eigenvalue weighted by Gasteiger charge is -2.35. The van der Waals surface area contributed by atoms with Gasteiger partial charge in [0.05, 0.1) is 31.9 Å². The molecule has 0 bridgehead atoms. The first-order valence-corrected chi connectivity index (χ1v) is 20.8. The molecule has 56 heavy (non-hydrogen) atoms. The van der Waals surface area contributed by atoms with Gasteiger partial charge in [-0.1, -0.05) is 64.3 Å². The fourth-order valence-electron chi connectivity index (χ4n) is 7.04. The minimum atomic E-state index is -1.41. The Labute approximate surface area is 333 Å². The zero-order chi connectivity index (χ0) is 38.0. The smallest absolute Gasteiger partial charge is 0.494 e. The Morgan fingerprint density at radius 1 is 0.786 bits per heavy atom. The van der Waals surface area contributed by atoms with E-state index in [1.807, 2.05) is 85.1 Å². The number of ether oxygens (including phenoxy) is 2. The third-order valence-electron chi connectivity index (χ3n) is 9.83. The van der Waals surface area contributed by atoms with E-state index in [4.69, 9.17) is 14.5 Å². The van der Waals surface area contributed by atoms with Crippen molar-refractivity contribution in [3.8, 4) is 11.6 Å². The molecular formula is C40H36N8O5S3. The summed E-state index contributed by atoms with van der Waals surface area (Å²) in [4.78, 5) is 51.2. The zero-order valence-electron chi connectivity index (χ0n) is 30.1. The molecule has 1 amide bonds. The largest absolute Gasteiger partial charge is 0.512 e. The Morgan fingerprint density at radius 3 is 2.45 bits per heavy atom. The van der Waals surface area contributed by atoms with E-state index in [2.05, 4.69) is 35.0 Å². The first-order valence-electron chi connectivity index (χ1n) is 18.3. The van der Waals surface area contributed by atoms with Crippen molar-refractivity contribution >= 4 is 87.7 Å². The first-order chi connectivity index (χ1) is 27.4. The molecule has 2 N–H and O–H groups in total. The Hall–Kier alpha value is -5.84. The average molecular weight is 805 g/mol. The van der Waals surface area contributed by atoms with Crippen LogP contribution in [0.25, 0.3) is 20.4 Å². The number of para-hydroxylation sites is 1. The van der Waals surface area contributed by atoms with Gasteiger partial charge in [0, 0.05) is 51.0 Å². The lowest BCUT2D eigenvalue weighted by Crippen LogP contribution is -2.46. The summed E-state index contributed by atoms with van der Waals surface area (Å²) in [5.41, 5.74) is 4.37. The summed E-state index contributed by atoms with van der Waals surface area (Å²) < 4.78 is 13.4. The highest BCUT2D eigenvalue weighted by atomic mass is 32.1. The highest BCUT2D eigenvalue weighted by molar-refractivity contribution is 7.22. The van der Waals surface area contributed by atoms with Crippen LogP contribution >= 0.6 is 34.0 Å². The molecule has 7 aromatic rings. The molecule has 2 aliphatic heterocycles. The molecule has 0 atom stereocenters. The van der Waals surface area contributed by atoms with Crippen molar-refractivity contribution in [2.75, 3.05) is 59.3 Å². The summed E-state index contributed by atoms with van der Waals surface area (Å²) in [7, 11) is 0. The van der Waals surface area contributed by atoms with Crippen LogP contribution in [0.1, 0.15) is 32.8 Å². The predicted molar refractivity (Wildman–Crippen MR) is 222 cm³/mol. The van der Waals surface area contributed by atoms with Gasteiger partial charge in [-0.25, -0.2) is 19.7 Å². The van der Waals surface area contributed by atoms with Crippen LogP contribution in [0.4, 0.5) is 26.0 Å². The van der Waals surface area contributed by atoms with Crippen molar-refractivity contribution in [2.45, 2.75) is 25.8 Å². The molecule has 2 aliphatic rings. The van der Waals surface area contributed by atoms with Gasteiger partial charge in [-0.05, 0) is 78.9 Å². The maximum Gasteiger partial charge on any atom is 0.512 e. The number of hydrogen-bond donors (Lipinski definition) is 2. The van der Waals surface area contributed by atoms with E-state index in [1.54, 1.807) is 11.3 Å². The molecule has 284 valence electrons. The molecule has 1 fully saturated rings. The topological polar surface area (TPSA) is 146 Å². The second-order valence-electron chi connectivity index (χ2n) is 13.4. The molecule has 9 rings (SSSR count). The van der Waals surface area contributed by atoms with Crippen molar-refractivity contribution in [1.29, 1.82) is 0 Å². The number of aromatic nitrogens is 4. The number of hydrogen-bond acceptors (Lipinski definition) is 14. The number of thiazole rings is 3. The van der Waals surface area contributed by atoms with E-state index in [0.29, 0.717) is 54.8 Å². The Balaban J connectivity index is 0.827. The number of carbonyl (C=O) groups is 2. The summed E-state index contributed by atoms with van der Waals surface area (Å²) in [6.45, 7) is 5.08. The highest BCUT2D eigenvalue weighted by Crippen LogP contribution is 2.37. The molecule has 0 unspecified atom stereocenters. The zero-order valence-corrected chi connectivity index (χ0v) is 32.5. The van der Waals surface area contributed by atoms with Gasteiger partial charge in [0.25, 0.3) is 5.91 Å². The SMILES string of the molecule is O=C(O)Oc1nc(N2CCc3cccc(C(=O)Nc4nc5ccccc5s4)c3C2)sc1CCCOc1ccc2nc(N3CCN(c4ccccn4)CC3)sc2c1. The minimum absolute atomic E-state index is 0.0876. The predicted octanol–water partition coefficient (Wildman–Crippen LogP) is 7.97. The van der Waals surface area contributed by atoms with Crippen molar-refractivity contribution in [3.05, 3.63) is 107 Å². The number of fused-ring (bicyclic) bond motifs is 3. The van der Waals surface area contributed by atoms with Crippen molar-refractivity contribution < 1.29 is 24.2 Å². The molecule has 6 heterocycles. The molecule has 0 radical (unpaired) electrons. The number of aryl methyl sites for hydroxylation is 1. The molecular weight excluding hydrogens is 769 g/mol. The molecule has 16 heteroatoms. The van der Waals surface area contributed by atoms with Crippen molar-refractivity contribution in [2.24, 2.45) is 0 Å². The second kappa shape index (κ2) is 15.7. The van der Waals surface area contributed by atoms with Crippen LogP contribution in [-0.4, -0.2) is 76.4 Å². The minimum Gasteiger partial charge on any atom is -0.494 e. The van der Waals surface area contributed by atoms with Gasteiger partial charge in [-0.2, -0.15) is 4.98 Å². The molecule has 0 saturated carbocycles. The van der Waals surface area contributed by atoms with E-state index in [9.17, 15) is 14.7 Å². The van der Waals surface area contributed by atoms with Crippen LogP contribution in [0.15, 0.2) is 85.1 Å². The van der Waals surface area contributed by atoms with E-state index < -0.39 is 6.16 Å². The quantitative estimate of drug-likeness (QED) is 0.0966. The van der Waals surface area contributed by atoms with Crippen molar-refractivity contribution in [3.63, 3.8) is 0 Å². The number of benzene rings is 3. The number of carboxylic acid groups (broad SMARTS) is 1. The standard InChI is InChI=1S/C40H36N8O5S3/c49-35(44-37-42-29-9-1-2-10-31(29)54-37)27-8-5-7-25-15-17-48(24-28(25)27)39-45-36(53-40(50)51)32(55-39)11-6-22-52-26-13-14-30-33(23-26)56-38(43-30)47-20-18-46(19-21-47)34-12-3-4-16-41-34/h1-5,7-10,12-14,16,23H,6,11,15,17-22,24H2,(H,50,51)(H,42,44,49). The third kappa shape index (κ3) is 7.67. The number of pyridine rings is 1. The number of nitrogens with one attached hydrogen (secondary N) is 1. The van der Waals surface area contributed by atoms with Crippen LogP contribution < -0.4 is 29.5 Å². The lowest BCUT2D eigenvalue weighted by atomic mass is 9.94. The first kappa shape index (κ1) is 35.8.